The van der Waals surface area contributed by atoms with E-state index >= 15 is 0 Å². The van der Waals surface area contributed by atoms with E-state index in [1.165, 1.54) is 128 Å². The first-order chi connectivity index (χ1) is 16.5. The predicted octanol–water partition coefficient (Wildman–Crippen LogP) is 9.99. The maximum absolute atomic E-state index is 10.9. The predicted molar refractivity (Wildman–Crippen MR) is 148 cm³/mol. The van der Waals surface area contributed by atoms with Crippen molar-refractivity contribution in [3.05, 3.63) is 12.2 Å². The van der Waals surface area contributed by atoms with Gasteiger partial charge in [-0.05, 0) is 19.3 Å². The molecule has 1 atom stereocenters. The van der Waals surface area contributed by atoms with E-state index in [2.05, 4.69) is 30.2 Å². The van der Waals surface area contributed by atoms with E-state index in [9.17, 15) is 8.42 Å². The van der Waals surface area contributed by atoms with Crippen molar-refractivity contribution in [1.82, 2.24) is 0 Å². The standard InChI is InChI=1S/C29H58O4S/c1-3-5-7-9-11-12-13-14-15-16-17-18-19-20-21-23-25-27-29(28-33-34(30,31)32)26-24-22-10-8-6-4-2/h25,27,29H,3-24,26,28H2,1-2H3,(H,30,31,32)/b27-25+. The molecule has 0 radical (unpaired) electrons. The van der Waals surface area contributed by atoms with Crippen molar-refractivity contribution in [2.75, 3.05) is 6.61 Å². The lowest BCUT2D eigenvalue weighted by atomic mass is 9.99. The quantitative estimate of drug-likeness (QED) is 0.0689. The molecule has 5 heteroatoms. The van der Waals surface area contributed by atoms with E-state index in [4.69, 9.17) is 4.55 Å². The molecule has 1 unspecified atom stereocenters. The molecule has 0 aliphatic rings. The summed E-state index contributed by atoms with van der Waals surface area (Å²) in [6.45, 7) is 4.54. The fourth-order valence-electron chi connectivity index (χ4n) is 4.52. The molecule has 0 bridgehead atoms. The van der Waals surface area contributed by atoms with Crippen molar-refractivity contribution in [2.45, 2.75) is 162 Å². The van der Waals surface area contributed by atoms with Gasteiger partial charge in [-0.2, -0.15) is 8.42 Å². The van der Waals surface area contributed by atoms with Crippen LogP contribution in [0.3, 0.4) is 0 Å². The van der Waals surface area contributed by atoms with Gasteiger partial charge in [0, 0.05) is 5.92 Å². The monoisotopic (exact) mass is 502 g/mol. The number of rotatable bonds is 27. The minimum Gasteiger partial charge on any atom is -0.264 e. The second kappa shape index (κ2) is 25.7. The minimum absolute atomic E-state index is 0.0448. The van der Waals surface area contributed by atoms with Gasteiger partial charge < -0.3 is 0 Å². The van der Waals surface area contributed by atoms with Gasteiger partial charge in [0.05, 0.1) is 6.61 Å². The fourth-order valence-corrected chi connectivity index (χ4v) is 4.86. The lowest BCUT2D eigenvalue weighted by molar-refractivity contribution is 0.234. The summed E-state index contributed by atoms with van der Waals surface area (Å²) < 4.78 is 35.4. The van der Waals surface area contributed by atoms with Gasteiger partial charge in [-0.15, -0.1) is 0 Å². The van der Waals surface area contributed by atoms with Gasteiger partial charge in [0.1, 0.15) is 0 Å². The van der Waals surface area contributed by atoms with Gasteiger partial charge in [0.15, 0.2) is 0 Å². The maximum Gasteiger partial charge on any atom is 0.397 e. The molecule has 1 N–H and O–H groups in total. The van der Waals surface area contributed by atoms with Crippen LogP contribution in [-0.2, 0) is 14.6 Å². The van der Waals surface area contributed by atoms with E-state index < -0.39 is 10.4 Å². The third-order valence-corrected chi connectivity index (χ3v) is 7.18. The average molecular weight is 503 g/mol. The van der Waals surface area contributed by atoms with E-state index in [0.29, 0.717) is 0 Å². The summed E-state index contributed by atoms with van der Waals surface area (Å²) in [6, 6.07) is 0. The highest BCUT2D eigenvalue weighted by Gasteiger charge is 2.11. The molecule has 0 aliphatic heterocycles. The van der Waals surface area contributed by atoms with Crippen LogP contribution in [0.25, 0.3) is 0 Å². The Morgan fingerprint density at radius 2 is 1.00 bits per heavy atom. The Morgan fingerprint density at radius 3 is 1.41 bits per heavy atom. The molecule has 0 spiro atoms. The Morgan fingerprint density at radius 1 is 0.618 bits per heavy atom. The first-order valence-electron chi connectivity index (χ1n) is 14.8. The normalized spacial score (nSPS) is 13.1. The van der Waals surface area contributed by atoms with Crippen LogP contribution in [0.2, 0.25) is 0 Å². The van der Waals surface area contributed by atoms with E-state index in [0.717, 1.165) is 19.3 Å². The fraction of sp³-hybridized carbons (Fsp3) is 0.931. The Hall–Kier alpha value is -0.390. The summed E-state index contributed by atoms with van der Waals surface area (Å²) in [5, 5.41) is 0. The second-order valence-corrected chi connectivity index (χ2v) is 11.3. The third-order valence-electron chi connectivity index (χ3n) is 6.74. The number of unbranched alkanes of at least 4 members (excludes halogenated alkanes) is 20. The molecule has 0 amide bonds. The van der Waals surface area contributed by atoms with Crippen LogP contribution in [0.4, 0.5) is 0 Å². The first kappa shape index (κ1) is 33.6. The van der Waals surface area contributed by atoms with Crippen molar-refractivity contribution >= 4 is 10.4 Å². The topological polar surface area (TPSA) is 63.6 Å². The smallest absolute Gasteiger partial charge is 0.264 e. The molecule has 4 nitrogen and oxygen atoms in total. The summed E-state index contributed by atoms with van der Waals surface area (Å²) in [6.07, 6.45) is 34.1. The van der Waals surface area contributed by atoms with Crippen LogP contribution in [0.15, 0.2) is 12.2 Å². The first-order valence-corrected chi connectivity index (χ1v) is 16.1. The summed E-state index contributed by atoms with van der Waals surface area (Å²) in [7, 11) is -4.36. The lowest BCUT2D eigenvalue weighted by Gasteiger charge is -2.12. The molecule has 0 saturated heterocycles. The largest absolute Gasteiger partial charge is 0.397 e. The van der Waals surface area contributed by atoms with Crippen LogP contribution in [0, 0.1) is 5.92 Å². The van der Waals surface area contributed by atoms with Crippen molar-refractivity contribution < 1.29 is 17.2 Å². The van der Waals surface area contributed by atoms with E-state index in [-0.39, 0.29) is 12.5 Å². The van der Waals surface area contributed by atoms with E-state index in [1.54, 1.807) is 0 Å². The maximum atomic E-state index is 10.9. The van der Waals surface area contributed by atoms with Gasteiger partial charge >= 0.3 is 10.4 Å². The summed E-state index contributed by atoms with van der Waals surface area (Å²) in [5.41, 5.74) is 0. The van der Waals surface area contributed by atoms with Gasteiger partial charge in [0.25, 0.3) is 0 Å². The lowest BCUT2D eigenvalue weighted by Crippen LogP contribution is -2.12. The molecule has 0 saturated carbocycles. The average Bonchev–Trinajstić information content (AvgIpc) is 2.80. The van der Waals surface area contributed by atoms with Gasteiger partial charge in [-0.25, -0.2) is 4.18 Å². The van der Waals surface area contributed by atoms with Crippen LogP contribution in [0.1, 0.15) is 162 Å². The molecule has 0 fully saturated rings. The molecule has 0 aromatic heterocycles. The number of allylic oxidation sites excluding steroid dienone is 1. The van der Waals surface area contributed by atoms with Crippen LogP contribution in [-0.4, -0.2) is 19.6 Å². The molecule has 0 rings (SSSR count). The zero-order chi connectivity index (χ0) is 25.2. The Balaban J connectivity index is 3.69. The zero-order valence-electron chi connectivity index (χ0n) is 22.8. The summed E-state index contributed by atoms with van der Waals surface area (Å²) in [4.78, 5) is 0. The van der Waals surface area contributed by atoms with Crippen molar-refractivity contribution in [2.24, 2.45) is 5.92 Å². The highest BCUT2D eigenvalue weighted by Crippen LogP contribution is 2.17. The van der Waals surface area contributed by atoms with Crippen LogP contribution in [0.5, 0.6) is 0 Å². The second-order valence-electron chi connectivity index (χ2n) is 10.2. The molecule has 204 valence electrons. The van der Waals surface area contributed by atoms with E-state index in [1.807, 2.05) is 0 Å². The van der Waals surface area contributed by atoms with Gasteiger partial charge in [-0.1, -0.05) is 154 Å². The summed E-state index contributed by atoms with van der Waals surface area (Å²) >= 11 is 0. The zero-order valence-corrected chi connectivity index (χ0v) is 23.6. The third kappa shape index (κ3) is 27.9. The van der Waals surface area contributed by atoms with Crippen molar-refractivity contribution in [3.8, 4) is 0 Å². The summed E-state index contributed by atoms with van der Waals surface area (Å²) in [5.74, 6) is 0.0597. The highest BCUT2D eigenvalue weighted by molar-refractivity contribution is 7.80. The number of hydrogen-bond donors (Lipinski definition) is 1. The molecule has 0 aliphatic carbocycles. The van der Waals surface area contributed by atoms with Crippen molar-refractivity contribution in [3.63, 3.8) is 0 Å². The molecule has 0 aromatic carbocycles. The highest BCUT2D eigenvalue weighted by atomic mass is 32.3. The Labute approximate surface area is 213 Å². The number of hydrogen-bond acceptors (Lipinski definition) is 3. The molecule has 0 heterocycles. The van der Waals surface area contributed by atoms with Crippen molar-refractivity contribution in [1.29, 1.82) is 0 Å². The Kier molecular flexibility index (Phi) is 25.4. The Bertz CT molecular complexity index is 530. The molecule has 34 heavy (non-hydrogen) atoms. The van der Waals surface area contributed by atoms with Crippen LogP contribution < -0.4 is 0 Å². The molecular weight excluding hydrogens is 444 g/mol. The van der Waals surface area contributed by atoms with Crippen LogP contribution >= 0.6 is 0 Å². The van der Waals surface area contributed by atoms with Gasteiger partial charge in [0.2, 0.25) is 0 Å². The SMILES string of the molecule is CCCCCCCCCCCCCCCCC/C=C/C(CCCCCCCC)COS(=O)(=O)O. The van der Waals surface area contributed by atoms with Gasteiger partial charge in [-0.3, -0.25) is 4.55 Å². The minimum atomic E-state index is -4.36. The molecular formula is C29H58O4S. The molecule has 0 aromatic rings.